The molecule has 1 fully saturated rings. The molecular formula is C19H23FN4O3. The van der Waals surface area contributed by atoms with Gasteiger partial charge in [0.1, 0.15) is 5.82 Å². The molecule has 144 valence electrons. The van der Waals surface area contributed by atoms with E-state index in [9.17, 15) is 14.0 Å². The van der Waals surface area contributed by atoms with Crippen molar-refractivity contribution in [3.63, 3.8) is 0 Å². The van der Waals surface area contributed by atoms with Crippen molar-refractivity contribution in [2.75, 3.05) is 38.2 Å². The fourth-order valence-corrected chi connectivity index (χ4v) is 3.14. The molecule has 2 N–H and O–H groups in total. The molecule has 2 amide bonds. The summed E-state index contributed by atoms with van der Waals surface area (Å²) in [6.07, 6.45) is 1.94. The standard InChI is InChI=1S/C19H23FN4O3/c1-23-8-4-7-16(23)17(24-9-11-27-12-10-24)13-21-18(25)19(26)22-15-6-3-2-5-14(15)20/h2-8,17H,9-13H2,1H3,(H,21,25)(H,22,26)/t17-/m0/s1. The minimum absolute atomic E-state index is 0.0233. The Labute approximate surface area is 157 Å². The minimum atomic E-state index is -0.896. The number of amides is 2. The number of nitrogens with zero attached hydrogens (tertiary/aromatic N) is 2. The average molecular weight is 374 g/mol. The molecule has 8 heteroatoms. The molecule has 0 spiro atoms. The largest absolute Gasteiger partial charge is 0.379 e. The van der Waals surface area contributed by atoms with Crippen LogP contribution in [0.1, 0.15) is 11.7 Å². The first kappa shape index (κ1) is 19.1. The fraction of sp³-hybridized carbons (Fsp3) is 0.368. The summed E-state index contributed by atoms with van der Waals surface area (Å²) in [7, 11) is 1.94. The second kappa shape index (κ2) is 8.79. The van der Waals surface area contributed by atoms with E-state index in [0.717, 1.165) is 18.8 Å². The Bertz CT molecular complexity index is 802. The molecule has 1 aliphatic heterocycles. The minimum Gasteiger partial charge on any atom is -0.379 e. The molecule has 7 nitrogen and oxygen atoms in total. The number of para-hydroxylation sites is 1. The number of nitrogens with one attached hydrogen (secondary N) is 2. The lowest BCUT2D eigenvalue weighted by Crippen LogP contribution is -2.46. The van der Waals surface area contributed by atoms with Crippen LogP contribution in [0.15, 0.2) is 42.6 Å². The van der Waals surface area contributed by atoms with E-state index in [1.54, 1.807) is 6.07 Å². The van der Waals surface area contributed by atoms with Gasteiger partial charge in [-0.05, 0) is 24.3 Å². The highest BCUT2D eigenvalue weighted by molar-refractivity contribution is 6.39. The summed E-state index contributed by atoms with van der Waals surface area (Å²) in [6.45, 7) is 3.01. The van der Waals surface area contributed by atoms with Crippen LogP contribution in [0.3, 0.4) is 0 Å². The maximum Gasteiger partial charge on any atom is 0.313 e. The van der Waals surface area contributed by atoms with Crippen LogP contribution < -0.4 is 10.6 Å². The average Bonchev–Trinajstić information content (AvgIpc) is 3.10. The number of halogens is 1. The van der Waals surface area contributed by atoms with Crippen LogP contribution in [0.25, 0.3) is 0 Å². The zero-order chi connectivity index (χ0) is 19.2. The SMILES string of the molecule is Cn1cccc1[C@H](CNC(=O)C(=O)Nc1ccccc1F)N1CCOCC1. The summed E-state index contributed by atoms with van der Waals surface area (Å²) in [5, 5.41) is 4.96. The molecule has 1 atom stereocenters. The summed E-state index contributed by atoms with van der Waals surface area (Å²) < 4.78 is 21.0. The Balaban J connectivity index is 1.64. The van der Waals surface area contributed by atoms with Crippen LogP contribution >= 0.6 is 0 Å². The molecule has 0 saturated carbocycles. The maximum absolute atomic E-state index is 13.6. The second-order valence-corrected chi connectivity index (χ2v) is 6.35. The van der Waals surface area contributed by atoms with Gasteiger partial charge in [0.05, 0.1) is 24.9 Å². The van der Waals surface area contributed by atoms with Gasteiger partial charge in [-0.3, -0.25) is 14.5 Å². The van der Waals surface area contributed by atoms with E-state index in [1.165, 1.54) is 18.2 Å². The number of hydrogen-bond donors (Lipinski definition) is 2. The van der Waals surface area contributed by atoms with Gasteiger partial charge in [-0.15, -0.1) is 0 Å². The van der Waals surface area contributed by atoms with Crippen molar-refractivity contribution in [1.82, 2.24) is 14.8 Å². The van der Waals surface area contributed by atoms with E-state index < -0.39 is 17.6 Å². The predicted molar refractivity (Wildman–Crippen MR) is 98.6 cm³/mol. The molecule has 1 aromatic carbocycles. The molecule has 0 radical (unpaired) electrons. The zero-order valence-corrected chi connectivity index (χ0v) is 15.2. The second-order valence-electron chi connectivity index (χ2n) is 6.35. The summed E-state index contributed by atoms with van der Waals surface area (Å²) in [5.41, 5.74) is 1.01. The van der Waals surface area contributed by atoms with E-state index in [0.29, 0.717) is 13.2 Å². The number of benzene rings is 1. The molecule has 2 heterocycles. The number of anilines is 1. The number of aromatic nitrogens is 1. The molecule has 0 bridgehead atoms. The smallest absolute Gasteiger partial charge is 0.313 e. The number of aryl methyl sites for hydroxylation is 1. The highest BCUT2D eigenvalue weighted by Crippen LogP contribution is 2.21. The first-order valence-corrected chi connectivity index (χ1v) is 8.83. The monoisotopic (exact) mass is 374 g/mol. The van der Waals surface area contributed by atoms with Crippen molar-refractivity contribution in [3.8, 4) is 0 Å². The van der Waals surface area contributed by atoms with Gasteiger partial charge in [0.15, 0.2) is 0 Å². The Kier molecular flexibility index (Phi) is 6.20. The van der Waals surface area contributed by atoms with Gasteiger partial charge in [-0.2, -0.15) is 0 Å². The summed E-state index contributed by atoms with van der Waals surface area (Å²) in [6, 6.07) is 9.57. The Morgan fingerprint density at radius 1 is 1.15 bits per heavy atom. The lowest BCUT2D eigenvalue weighted by molar-refractivity contribution is -0.136. The highest BCUT2D eigenvalue weighted by Gasteiger charge is 2.26. The lowest BCUT2D eigenvalue weighted by atomic mass is 10.1. The van der Waals surface area contributed by atoms with Crippen LogP contribution in [0.5, 0.6) is 0 Å². The lowest BCUT2D eigenvalue weighted by Gasteiger charge is -2.34. The van der Waals surface area contributed by atoms with Gasteiger partial charge in [0.25, 0.3) is 0 Å². The Morgan fingerprint density at radius 3 is 2.56 bits per heavy atom. The van der Waals surface area contributed by atoms with Crippen molar-refractivity contribution < 1.29 is 18.7 Å². The van der Waals surface area contributed by atoms with Crippen LogP contribution in [0.4, 0.5) is 10.1 Å². The van der Waals surface area contributed by atoms with Crippen LogP contribution in [-0.4, -0.2) is 54.1 Å². The first-order chi connectivity index (χ1) is 13.1. The van der Waals surface area contributed by atoms with E-state index in [-0.39, 0.29) is 18.3 Å². The summed E-state index contributed by atoms with van der Waals surface area (Å²) >= 11 is 0. The van der Waals surface area contributed by atoms with Crippen molar-refractivity contribution in [1.29, 1.82) is 0 Å². The molecule has 27 heavy (non-hydrogen) atoms. The summed E-state index contributed by atoms with van der Waals surface area (Å²) in [4.78, 5) is 26.5. The number of carbonyl (C=O) groups is 2. The van der Waals surface area contributed by atoms with Gasteiger partial charge in [-0.25, -0.2) is 4.39 Å². The first-order valence-electron chi connectivity index (χ1n) is 8.83. The third-order valence-electron chi connectivity index (χ3n) is 4.60. The highest BCUT2D eigenvalue weighted by atomic mass is 19.1. The molecule has 1 aromatic heterocycles. The molecule has 0 unspecified atom stereocenters. The topological polar surface area (TPSA) is 75.6 Å². The number of carbonyl (C=O) groups excluding carboxylic acids is 2. The predicted octanol–water partition coefficient (Wildman–Crippen LogP) is 1.29. The van der Waals surface area contributed by atoms with E-state index in [2.05, 4.69) is 15.5 Å². The van der Waals surface area contributed by atoms with Crippen molar-refractivity contribution in [3.05, 3.63) is 54.1 Å². The normalized spacial score (nSPS) is 15.9. The maximum atomic E-state index is 13.6. The van der Waals surface area contributed by atoms with Gasteiger partial charge in [-0.1, -0.05) is 12.1 Å². The molecule has 1 saturated heterocycles. The van der Waals surface area contributed by atoms with Gasteiger partial charge < -0.3 is 19.9 Å². The molecule has 1 aliphatic rings. The van der Waals surface area contributed by atoms with Crippen molar-refractivity contribution in [2.45, 2.75) is 6.04 Å². The van der Waals surface area contributed by atoms with Crippen LogP contribution in [0, 0.1) is 5.82 Å². The molecule has 0 aliphatic carbocycles. The van der Waals surface area contributed by atoms with Gasteiger partial charge in [0, 0.05) is 38.6 Å². The summed E-state index contributed by atoms with van der Waals surface area (Å²) in [5.74, 6) is -2.29. The third kappa shape index (κ3) is 4.72. The number of morpholine rings is 1. The molecule has 3 rings (SSSR count). The molecule has 2 aromatic rings. The van der Waals surface area contributed by atoms with E-state index >= 15 is 0 Å². The van der Waals surface area contributed by atoms with Crippen molar-refractivity contribution in [2.24, 2.45) is 7.05 Å². The van der Waals surface area contributed by atoms with Crippen molar-refractivity contribution >= 4 is 17.5 Å². The fourth-order valence-electron chi connectivity index (χ4n) is 3.14. The van der Waals surface area contributed by atoms with Crippen LogP contribution in [-0.2, 0) is 21.4 Å². The number of rotatable bonds is 5. The number of ether oxygens (including phenoxy) is 1. The van der Waals surface area contributed by atoms with E-state index in [4.69, 9.17) is 4.74 Å². The quantitative estimate of drug-likeness (QED) is 0.774. The Hall–Kier alpha value is -2.71. The molecular weight excluding hydrogens is 351 g/mol. The zero-order valence-electron chi connectivity index (χ0n) is 15.2. The number of hydrogen-bond acceptors (Lipinski definition) is 4. The van der Waals surface area contributed by atoms with Gasteiger partial charge >= 0.3 is 11.8 Å². The third-order valence-corrected chi connectivity index (χ3v) is 4.60. The van der Waals surface area contributed by atoms with Gasteiger partial charge in [0.2, 0.25) is 0 Å². The van der Waals surface area contributed by atoms with Crippen LogP contribution in [0.2, 0.25) is 0 Å². The Morgan fingerprint density at radius 2 is 1.89 bits per heavy atom. The van der Waals surface area contributed by atoms with E-state index in [1.807, 2.05) is 29.9 Å².